The van der Waals surface area contributed by atoms with Crippen LogP contribution in [0.2, 0.25) is 0 Å². The Bertz CT molecular complexity index is 1100. The zero-order valence-corrected chi connectivity index (χ0v) is 15.9. The number of fused-ring (bicyclic) bond motifs is 1. The fraction of sp³-hybridized carbons (Fsp3) is 0.167. The summed E-state index contributed by atoms with van der Waals surface area (Å²) in [6.45, 7) is 0. The molecule has 0 spiro atoms. The summed E-state index contributed by atoms with van der Waals surface area (Å²) < 4.78 is 40.0. The number of Topliss-reactive ketones (excluding diaryl/α,β-unsaturated/α-hetero) is 1. The molecular formula is C24H18F3NO2. The lowest BCUT2D eigenvalue weighted by molar-refractivity contribution is -0.137. The van der Waals surface area contributed by atoms with E-state index in [0.29, 0.717) is 28.8 Å². The van der Waals surface area contributed by atoms with Crippen molar-refractivity contribution < 1.29 is 23.1 Å². The molecule has 3 aromatic rings. The minimum Gasteiger partial charge on any atom is -0.508 e. The Kier molecular flexibility index (Phi) is 5.16. The summed E-state index contributed by atoms with van der Waals surface area (Å²) in [4.78, 5) is 17.6. The predicted molar refractivity (Wildman–Crippen MR) is 108 cm³/mol. The van der Waals surface area contributed by atoms with E-state index in [9.17, 15) is 23.1 Å². The standard InChI is InChI=1S/C24H18F3NO2/c25-24(26,27)18-9-6-17-13-22(30)21(12-15-4-2-1-3-5-15)28-23(20(17)14-18)16-7-10-19(29)11-8-16/h1-11,14,21,29H,12-13H2. The third-order valence-corrected chi connectivity index (χ3v) is 5.13. The molecule has 30 heavy (non-hydrogen) atoms. The zero-order chi connectivity index (χ0) is 21.3. The van der Waals surface area contributed by atoms with E-state index in [-0.39, 0.29) is 18.0 Å². The van der Waals surface area contributed by atoms with Gasteiger partial charge in [-0.15, -0.1) is 0 Å². The second-order valence-corrected chi connectivity index (χ2v) is 7.24. The van der Waals surface area contributed by atoms with E-state index < -0.39 is 17.8 Å². The van der Waals surface area contributed by atoms with Gasteiger partial charge in [0.1, 0.15) is 11.8 Å². The van der Waals surface area contributed by atoms with Gasteiger partial charge in [-0.3, -0.25) is 9.79 Å². The van der Waals surface area contributed by atoms with E-state index >= 15 is 0 Å². The number of benzene rings is 3. The van der Waals surface area contributed by atoms with Crippen molar-refractivity contribution in [2.75, 3.05) is 0 Å². The highest BCUT2D eigenvalue weighted by molar-refractivity contribution is 6.16. The summed E-state index contributed by atoms with van der Waals surface area (Å²) in [5, 5.41) is 9.60. The number of phenols is 1. The molecular weight excluding hydrogens is 391 g/mol. The van der Waals surface area contributed by atoms with Crippen molar-refractivity contribution in [3.63, 3.8) is 0 Å². The van der Waals surface area contributed by atoms with Crippen molar-refractivity contribution in [1.82, 2.24) is 0 Å². The van der Waals surface area contributed by atoms with Gasteiger partial charge in [0, 0.05) is 24.0 Å². The summed E-state index contributed by atoms with van der Waals surface area (Å²) in [6, 6.07) is 18.2. The molecule has 6 heteroatoms. The molecule has 1 N–H and O–H groups in total. The molecule has 1 unspecified atom stereocenters. The minimum absolute atomic E-state index is 0.00997. The molecule has 0 saturated heterocycles. The highest BCUT2D eigenvalue weighted by atomic mass is 19.4. The summed E-state index contributed by atoms with van der Waals surface area (Å²) in [7, 11) is 0. The minimum atomic E-state index is -4.51. The van der Waals surface area contributed by atoms with Crippen molar-refractivity contribution in [1.29, 1.82) is 0 Å². The van der Waals surface area contributed by atoms with Crippen LogP contribution in [-0.4, -0.2) is 22.6 Å². The maximum Gasteiger partial charge on any atom is 0.416 e. The summed E-state index contributed by atoms with van der Waals surface area (Å²) in [5.74, 6) is -0.109. The molecule has 1 heterocycles. The van der Waals surface area contributed by atoms with Crippen LogP contribution in [0.4, 0.5) is 13.2 Å². The maximum atomic E-state index is 13.3. The Morgan fingerprint density at radius 2 is 1.67 bits per heavy atom. The Balaban J connectivity index is 1.86. The number of rotatable bonds is 3. The van der Waals surface area contributed by atoms with Crippen LogP contribution in [0, 0.1) is 0 Å². The van der Waals surface area contributed by atoms with Crippen LogP contribution in [0.1, 0.15) is 27.8 Å². The van der Waals surface area contributed by atoms with Crippen molar-refractivity contribution in [3.05, 3.63) is 101 Å². The van der Waals surface area contributed by atoms with Crippen LogP contribution in [-0.2, 0) is 23.8 Å². The third-order valence-electron chi connectivity index (χ3n) is 5.13. The first-order valence-corrected chi connectivity index (χ1v) is 9.45. The van der Waals surface area contributed by atoms with Gasteiger partial charge in [0.15, 0.2) is 5.78 Å². The summed E-state index contributed by atoms with van der Waals surface area (Å²) in [6.07, 6.45) is -4.13. The van der Waals surface area contributed by atoms with Crippen LogP contribution in [0.3, 0.4) is 0 Å². The SMILES string of the molecule is O=C1Cc2ccc(C(F)(F)F)cc2C(c2ccc(O)cc2)=NC1Cc1ccccc1. The van der Waals surface area contributed by atoms with E-state index in [0.717, 1.165) is 17.7 Å². The van der Waals surface area contributed by atoms with Gasteiger partial charge in [0.25, 0.3) is 0 Å². The number of hydrogen-bond acceptors (Lipinski definition) is 3. The predicted octanol–water partition coefficient (Wildman–Crippen LogP) is 4.98. The van der Waals surface area contributed by atoms with Crippen molar-refractivity contribution in [2.24, 2.45) is 4.99 Å². The normalized spacial score (nSPS) is 16.6. The molecule has 0 aliphatic carbocycles. The molecule has 1 aliphatic heterocycles. The number of carbonyl (C=O) groups excluding carboxylic acids is 1. The number of hydrogen-bond donors (Lipinski definition) is 1. The van der Waals surface area contributed by atoms with Gasteiger partial charge in [0.05, 0.1) is 11.3 Å². The quantitative estimate of drug-likeness (QED) is 0.663. The molecule has 0 aromatic heterocycles. The Hall–Kier alpha value is -3.41. The fourth-order valence-electron chi connectivity index (χ4n) is 3.58. The van der Waals surface area contributed by atoms with Crippen LogP contribution < -0.4 is 0 Å². The zero-order valence-electron chi connectivity index (χ0n) is 15.9. The second kappa shape index (κ2) is 7.78. The maximum absolute atomic E-state index is 13.3. The first-order chi connectivity index (χ1) is 14.3. The summed E-state index contributed by atoms with van der Waals surface area (Å²) in [5.41, 5.74) is 1.80. The highest BCUT2D eigenvalue weighted by Crippen LogP contribution is 2.33. The monoisotopic (exact) mass is 409 g/mol. The van der Waals surface area contributed by atoms with E-state index in [2.05, 4.69) is 4.99 Å². The van der Waals surface area contributed by atoms with E-state index in [4.69, 9.17) is 0 Å². The molecule has 0 amide bonds. The van der Waals surface area contributed by atoms with Gasteiger partial charge in [-0.25, -0.2) is 0 Å². The Morgan fingerprint density at radius 1 is 0.967 bits per heavy atom. The number of phenolic OH excluding ortho intramolecular Hbond substituents is 1. The van der Waals surface area contributed by atoms with Crippen LogP contribution in [0.5, 0.6) is 5.75 Å². The third kappa shape index (κ3) is 4.13. The Morgan fingerprint density at radius 3 is 2.33 bits per heavy atom. The van der Waals surface area contributed by atoms with Gasteiger partial charge < -0.3 is 5.11 Å². The molecule has 4 rings (SSSR count). The lowest BCUT2D eigenvalue weighted by atomic mass is 9.93. The molecule has 3 aromatic carbocycles. The average Bonchev–Trinajstić information content (AvgIpc) is 2.85. The van der Waals surface area contributed by atoms with E-state index in [1.165, 1.54) is 18.2 Å². The number of aromatic hydroxyl groups is 1. The number of halogens is 3. The first kappa shape index (κ1) is 19.9. The molecule has 152 valence electrons. The molecule has 0 bridgehead atoms. The topological polar surface area (TPSA) is 49.7 Å². The first-order valence-electron chi connectivity index (χ1n) is 9.45. The number of aliphatic imine (C=N–C) groups is 1. The molecule has 1 atom stereocenters. The van der Waals surface area contributed by atoms with Crippen molar-refractivity contribution >= 4 is 11.5 Å². The van der Waals surface area contributed by atoms with Gasteiger partial charge in [-0.1, -0.05) is 36.4 Å². The largest absolute Gasteiger partial charge is 0.508 e. The van der Waals surface area contributed by atoms with Crippen molar-refractivity contribution in [2.45, 2.75) is 25.1 Å². The molecule has 0 radical (unpaired) electrons. The van der Waals surface area contributed by atoms with Crippen LogP contribution in [0.25, 0.3) is 0 Å². The number of alkyl halides is 3. The van der Waals surface area contributed by atoms with Gasteiger partial charge in [0.2, 0.25) is 0 Å². The Labute approximate surface area is 171 Å². The molecule has 0 fully saturated rings. The smallest absolute Gasteiger partial charge is 0.416 e. The van der Waals surface area contributed by atoms with Gasteiger partial charge in [-0.2, -0.15) is 13.2 Å². The lowest BCUT2D eigenvalue weighted by Crippen LogP contribution is -2.22. The van der Waals surface area contributed by atoms with Gasteiger partial charge >= 0.3 is 6.18 Å². The number of carbonyl (C=O) groups is 1. The van der Waals surface area contributed by atoms with Gasteiger partial charge in [-0.05, 0) is 47.5 Å². The van der Waals surface area contributed by atoms with Crippen LogP contribution in [0.15, 0.2) is 77.8 Å². The molecule has 1 aliphatic rings. The fourth-order valence-corrected chi connectivity index (χ4v) is 3.58. The average molecular weight is 409 g/mol. The molecule has 0 saturated carbocycles. The van der Waals surface area contributed by atoms with Crippen molar-refractivity contribution in [3.8, 4) is 5.75 Å². The molecule has 3 nitrogen and oxygen atoms in total. The van der Waals surface area contributed by atoms with E-state index in [1.807, 2.05) is 30.3 Å². The number of ketones is 1. The second-order valence-electron chi connectivity index (χ2n) is 7.24. The lowest BCUT2D eigenvalue weighted by Gasteiger charge is -2.14. The number of nitrogens with zero attached hydrogens (tertiary/aromatic N) is 1. The van der Waals surface area contributed by atoms with Crippen LogP contribution >= 0.6 is 0 Å². The highest BCUT2D eigenvalue weighted by Gasteiger charge is 2.33. The van der Waals surface area contributed by atoms with E-state index in [1.54, 1.807) is 12.1 Å². The summed E-state index contributed by atoms with van der Waals surface area (Å²) >= 11 is 0.